The van der Waals surface area contributed by atoms with Crippen molar-refractivity contribution < 1.29 is 4.57 Å². The van der Waals surface area contributed by atoms with Crippen molar-refractivity contribution in [2.75, 3.05) is 0 Å². The molecule has 3 aromatic rings. The zero-order chi connectivity index (χ0) is 18.0. The van der Waals surface area contributed by atoms with Crippen LogP contribution in [0.2, 0.25) is 17.3 Å². The van der Waals surface area contributed by atoms with Crippen LogP contribution >= 0.6 is 0 Å². The molecule has 1 aromatic heterocycles. The Morgan fingerprint density at radius 2 is 1.52 bits per heavy atom. The van der Waals surface area contributed by atoms with Crippen LogP contribution in [0.15, 0.2) is 66.9 Å². The molecule has 0 radical (unpaired) electrons. The molecule has 0 unspecified atom stereocenters. The van der Waals surface area contributed by atoms with E-state index in [2.05, 4.69) is 103 Å². The monoisotopic (exact) mass is 392 g/mol. The molecule has 0 spiro atoms. The van der Waals surface area contributed by atoms with Gasteiger partial charge in [0.1, 0.15) is 0 Å². The normalized spacial score (nSPS) is 11.6. The minimum absolute atomic E-state index is 1.01. The number of aromatic nitrogens is 1. The number of aryl methyl sites for hydroxylation is 2. The van der Waals surface area contributed by atoms with Crippen molar-refractivity contribution in [1.29, 1.82) is 0 Å². The van der Waals surface area contributed by atoms with E-state index in [-0.39, 0.29) is 0 Å². The van der Waals surface area contributed by atoms with Crippen molar-refractivity contribution in [1.82, 2.24) is 0 Å². The van der Waals surface area contributed by atoms with E-state index >= 15 is 0 Å². The van der Waals surface area contributed by atoms with Gasteiger partial charge in [-0.15, -0.1) is 0 Å². The summed E-state index contributed by atoms with van der Waals surface area (Å²) < 4.78 is 3.92. The summed E-state index contributed by atoms with van der Waals surface area (Å²) >= 11 is -1.96. The Balaban J connectivity index is 2.17. The summed E-state index contributed by atoms with van der Waals surface area (Å²) in [5, 5.41) is 0. The van der Waals surface area contributed by atoms with Crippen LogP contribution in [0.3, 0.4) is 0 Å². The van der Waals surface area contributed by atoms with Gasteiger partial charge >= 0.3 is 155 Å². The summed E-state index contributed by atoms with van der Waals surface area (Å²) in [6, 6.07) is 21.9. The van der Waals surface area contributed by atoms with E-state index in [1.54, 1.807) is 4.40 Å². The number of pyridine rings is 1. The first-order chi connectivity index (χ1) is 11.9. The van der Waals surface area contributed by atoms with E-state index in [9.17, 15) is 0 Å². The third kappa shape index (κ3) is 4.04. The summed E-state index contributed by atoms with van der Waals surface area (Å²) in [6.45, 7) is 2.20. The van der Waals surface area contributed by atoms with Gasteiger partial charge in [0, 0.05) is 0 Å². The fourth-order valence-electron chi connectivity index (χ4n) is 3.46. The molecule has 0 amide bonds. The maximum atomic E-state index is 2.48. The van der Waals surface area contributed by atoms with Crippen molar-refractivity contribution in [3.63, 3.8) is 0 Å². The standard InChI is InChI=1S/C23H28GeN/c1-18-11-9-10-14-21(18)23-16-20(15-19-12-7-6-8-13-19)22(17-25(23)5)24(2,3)4/h6-14,16-17H,15H2,1-5H3/q+1. The minimum atomic E-state index is -1.96. The van der Waals surface area contributed by atoms with E-state index in [0.717, 1.165) is 6.42 Å². The first-order valence-electron chi connectivity index (χ1n) is 8.99. The first kappa shape index (κ1) is 17.9. The molecule has 0 saturated carbocycles. The van der Waals surface area contributed by atoms with Crippen LogP contribution in [0.25, 0.3) is 11.3 Å². The Morgan fingerprint density at radius 1 is 0.880 bits per heavy atom. The topological polar surface area (TPSA) is 3.88 Å². The van der Waals surface area contributed by atoms with Crippen LogP contribution in [-0.2, 0) is 13.5 Å². The van der Waals surface area contributed by atoms with Gasteiger partial charge in [0.2, 0.25) is 0 Å². The summed E-state index contributed by atoms with van der Waals surface area (Å²) in [5.74, 6) is 7.45. The van der Waals surface area contributed by atoms with Crippen molar-refractivity contribution in [2.24, 2.45) is 7.05 Å². The second-order valence-corrected chi connectivity index (χ2v) is 18.5. The van der Waals surface area contributed by atoms with Crippen LogP contribution < -0.4 is 8.96 Å². The van der Waals surface area contributed by atoms with Crippen molar-refractivity contribution in [3.8, 4) is 11.3 Å². The Labute approximate surface area is 154 Å². The van der Waals surface area contributed by atoms with Gasteiger partial charge in [-0.3, -0.25) is 0 Å². The van der Waals surface area contributed by atoms with Gasteiger partial charge in [0.05, 0.1) is 0 Å². The third-order valence-electron chi connectivity index (χ3n) is 4.83. The van der Waals surface area contributed by atoms with Crippen molar-refractivity contribution in [2.45, 2.75) is 30.6 Å². The molecule has 0 N–H and O–H groups in total. The molecule has 1 nitrogen and oxygen atoms in total. The first-order valence-corrected chi connectivity index (χ1v) is 16.3. The van der Waals surface area contributed by atoms with Gasteiger partial charge in [-0.25, -0.2) is 0 Å². The van der Waals surface area contributed by atoms with Gasteiger partial charge in [0.25, 0.3) is 0 Å². The van der Waals surface area contributed by atoms with Crippen molar-refractivity contribution >= 4 is 17.7 Å². The molecule has 0 atom stereocenters. The summed E-state index contributed by atoms with van der Waals surface area (Å²) in [5.41, 5.74) is 6.84. The average molecular weight is 391 g/mol. The fourth-order valence-corrected chi connectivity index (χ4v) is 7.03. The SMILES string of the molecule is Cc1ccccc1-c1cc(Cc2ccccc2)[c]([Ge]([CH3])([CH3])[CH3])c[n+]1C. The van der Waals surface area contributed by atoms with Crippen LogP contribution in [0.4, 0.5) is 0 Å². The Kier molecular flexibility index (Phi) is 5.14. The number of nitrogens with zero attached hydrogens (tertiary/aromatic N) is 1. The molecular formula is C23H28GeN+. The number of rotatable bonds is 4. The Bertz CT molecular complexity index is 876. The summed E-state index contributed by atoms with van der Waals surface area (Å²) in [4.78, 5) is 0. The Morgan fingerprint density at radius 3 is 2.16 bits per heavy atom. The summed E-state index contributed by atoms with van der Waals surface area (Å²) in [7, 11) is 2.19. The molecule has 128 valence electrons. The zero-order valence-electron chi connectivity index (χ0n) is 16.0. The molecule has 0 aliphatic rings. The van der Waals surface area contributed by atoms with E-state index in [4.69, 9.17) is 0 Å². The van der Waals surface area contributed by atoms with Gasteiger partial charge < -0.3 is 0 Å². The van der Waals surface area contributed by atoms with E-state index in [1.807, 2.05) is 0 Å². The van der Waals surface area contributed by atoms with E-state index < -0.39 is 13.3 Å². The molecule has 3 rings (SSSR count). The van der Waals surface area contributed by atoms with Gasteiger partial charge in [-0.2, -0.15) is 0 Å². The van der Waals surface area contributed by atoms with E-state index in [0.29, 0.717) is 0 Å². The molecule has 0 aliphatic carbocycles. The molecule has 25 heavy (non-hydrogen) atoms. The molecule has 1 heterocycles. The van der Waals surface area contributed by atoms with Crippen LogP contribution in [0.5, 0.6) is 0 Å². The fraction of sp³-hybridized carbons (Fsp3) is 0.261. The van der Waals surface area contributed by atoms with Crippen LogP contribution in [0, 0.1) is 6.92 Å². The van der Waals surface area contributed by atoms with Gasteiger partial charge in [0.15, 0.2) is 0 Å². The van der Waals surface area contributed by atoms with E-state index in [1.165, 1.54) is 27.9 Å². The quantitative estimate of drug-likeness (QED) is 0.452. The molecule has 0 fully saturated rings. The zero-order valence-corrected chi connectivity index (χ0v) is 18.1. The average Bonchev–Trinajstić information content (AvgIpc) is 2.57. The van der Waals surface area contributed by atoms with Gasteiger partial charge in [-0.05, 0) is 0 Å². The Hall–Kier alpha value is -1.87. The second-order valence-electron chi connectivity index (χ2n) is 7.94. The molecule has 0 aliphatic heterocycles. The number of benzene rings is 2. The second kappa shape index (κ2) is 7.17. The maximum absolute atomic E-state index is 2.48. The molecule has 0 bridgehead atoms. The molecule has 2 aromatic carbocycles. The predicted octanol–water partition coefficient (Wildman–Crippen LogP) is 4.62. The number of hydrogen-bond donors (Lipinski definition) is 0. The number of hydrogen-bond acceptors (Lipinski definition) is 0. The van der Waals surface area contributed by atoms with Crippen LogP contribution in [0.1, 0.15) is 16.7 Å². The molecular weight excluding hydrogens is 363 g/mol. The molecule has 2 heteroatoms. The third-order valence-corrected chi connectivity index (χ3v) is 9.16. The van der Waals surface area contributed by atoms with Crippen molar-refractivity contribution in [3.05, 3.63) is 83.6 Å². The van der Waals surface area contributed by atoms with Crippen LogP contribution in [-0.4, -0.2) is 13.3 Å². The summed E-state index contributed by atoms with van der Waals surface area (Å²) in [6.07, 6.45) is 3.42. The predicted molar refractivity (Wildman–Crippen MR) is 110 cm³/mol. The van der Waals surface area contributed by atoms with Gasteiger partial charge in [-0.1, -0.05) is 0 Å². The molecule has 0 saturated heterocycles.